The first-order chi connectivity index (χ1) is 15.1. The third-order valence-electron chi connectivity index (χ3n) is 5.68. The average molecular weight is 477 g/mol. The Morgan fingerprint density at radius 3 is 2.16 bits per heavy atom. The molecule has 2 saturated heterocycles. The zero-order valence-electron chi connectivity index (χ0n) is 17.6. The normalized spacial score (nSPS) is 18.6. The van der Waals surface area contributed by atoms with Crippen LogP contribution >= 0.6 is 0 Å². The summed E-state index contributed by atoms with van der Waals surface area (Å²) < 4.78 is 65.2. The van der Waals surface area contributed by atoms with Crippen LogP contribution in [0.3, 0.4) is 0 Å². The number of rotatable bonds is 6. The molecule has 0 spiro atoms. The summed E-state index contributed by atoms with van der Waals surface area (Å²) in [7, 11) is -4.27. The van der Waals surface area contributed by atoms with E-state index < -0.39 is 39.1 Å². The first-order valence-electron chi connectivity index (χ1n) is 10.5. The van der Waals surface area contributed by atoms with Gasteiger partial charge in [-0.3, -0.25) is 14.5 Å². The molecular weight excluding hydrogens is 449 g/mol. The molecule has 0 saturated carbocycles. The minimum absolute atomic E-state index is 0.0818. The first kappa shape index (κ1) is 24.5. The van der Waals surface area contributed by atoms with Gasteiger partial charge < -0.3 is 9.80 Å². The van der Waals surface area contributed by atoms with Crippen molar-refractivity contribution in [3.63, 3.8) is 0 Å². The molecule has 178 valence electrons. The Morgan fingerprint density at radius 2 is 1.53 bits per heavy atom. The number of likely N-dealkylation sites (tertiary alicyclic amines) is 1. The Hall–Kier alpha value is -2.18. The zero-order valence-corrected chi connectivity index (χ0v) is 18.4. The summed E-state index contributed by atoms with van der Waals surface area (Å²) in [6.45, 7) is 2.98. The van der Waals surface area contributed by atoms with Crippen LogP contribution in [0.15, 0.2) is 29.2 Å². The highest BCUT2D eigenvalue weighted by molar-refractivity contribution is 7.89. The van der Waals surface area contributed by atoms with Crippen LogP contribution in [0.2, 0.25) is 0 Å². The second-order valence-electron chi connectivity index (χ2n) is 7.95. The number of alkyl halides is 3. The van der Waals surface area contributed by atoms with E-state index in [4.69, 9.17) is 0 Å². The third kappa shape index (κ3) is 6.42. The van der Waals surface area contributed by atoms with Crippen LogP contribution in [0.25, 0.3) is 0 Å². The fourth-order valence-electron chi connectivity index (χ4n) is 3.78. The van der Waals surface area contributed by atoms with Crippen LogP contribution in [-0.2, 0) is 25.8 Å². The summed E-state index contributed by atoms with van der Waals surface area (Å²) in [6.07, 6.45) is -1.49. The molecule has 3 rings (SSSR count). The number of sulfonamides is 1. The van der Waals surface area contributed by atoms with Gasteiger partial charge in [0.15, 0.2) is 0 Å². The quantitative estimate of drug-likeness (QED) is 0.665. The number of amides is 2. The maximum Gasteiger partial charge on any atom is 0.416 e. The Kier molecular flexibility index (Phi) is 7.78. The van der Waals surface area contributed by atoms with Crippen molar-refractivity contribution in [2.45, 2.75) is 30.3 Å². The van der Waals surface area contributed by atoms with Crippen LogP contribution in [-0.4, -0.2) is 87.3 Å². The molecule has 1 N–H and O–H groups in total. The van der Waals surface area contributed by atoms with E-state index in [2.05, 4.69) is 4.72 Å². The van der Waals surface area contributed by atoms with Crippen molar-refractivity contribution in [1.29, 1.82) is 0 Å². The number of carbonyl (C=O) groups excluding carboxylic acids is 2. The first-order valence-corrected chi connectivity index (χ1v) is 12.0. The molecule has 2 heterocycles. The number of hydrogen-bond donors (Lipinski definition) is 1. The van der Waals surface area contributed by atoms with Gasteiger partial charge in [0.05, 0.1) is 23.5 Å². The summed E-state index contributed by atoms with van der Waals surface area (Å²) in [6, 6.07) is 3.36. The van der Waals surface area contributed by atoms with Crippen molar-refractivity contribution in [3.8, 4) is 0 Å². The maximum atomic E-state index is 12.8. The molecule has 2 fully saturated rings. The second-order valence-corrected chi connectivity index (χ2v) is 9.72. The van der Waals surface area contributed by atoms with Gasteiger partial charge in [-0.05, 0) is 37.5 Å². The lowest BCUT2D eigenvalue weighted by molar-refractivity contribution is -0.138. The van der Waals surface area contributed by atoms with Crippen LogP contribution in [0.1, 0.15) is 24.8 Å². The Labute approximate surface area is 185 Å². The Balaban J connectivity index is 1.47. The smallest absolute Gasteiger partial charge is 0.342 e. The van der Waals surface area contributed by atoms with E-state index >= 15 is 0 Å². The highest BCUT2D eigenvalue weighted by Crippen LogP contribution is 2.30. The number of carbonyl (C=O) groups is 2. The van der Waals surface area contributed by atoms with Gasteiger partial charge in [0.2, 0.25) is 21.8 Å². The van der Waals surface area contributed by atoms with Crippen molar-refractivity contribution in [2.24, 2.45) is 0 Å². The SMILES string of the molecule is O=C(CNS(=O)(=O)c1cccc(C(F)(F)F)c1)N1CCN(CC(=O)N2CCCCC2)CC1. The van der Waals surface area contributed by atoms with Crippen LogP contribution in [0, 0.1) is 0 Å². The van der Waals surface area contributed by atoms with Crippen molar-refractivity contribution >= 4 is 21.8 Å². The molecule has 1 aromatic rings. The van der Waals surface area contributed by atoms with Gasteiger partial charge >= 0.3 is 6.18 Å². The van der Waals surface area contributed by atoms with E-state index in [1.54, 1.807) is 0 Å². The molecule has 0 aliphatic carbocycles. The van der Waals surface area contributed by atoms with Crippen LogP contribution in [0.5, 0.6) is 0 Å². The third-order valence-corrected chi connectivity index (χ3v) is 7.08. The largest absolute Gasteiger partial charge is 0.416 e. The number of halogens is 3. The monoisotopic (exact) mass is 476 g/mol. The molecule has 8 nitrogen and oxygen atoms in total. The number of nitrogens with zero attached hydrogens (tertiary/aromatic N) is 3. The van der Waals surface area contributed by atoms with E-state index in [1.807, 2.05) is 9.80 Å². The molecule has 2 aliphatic rings. The molecule has 1 aromatic carbocycles. The summed E-state index contributed by atoms with van der Waals surface area (Å²) in [4.78, 5) is 29.5. The molecule has 32 heavy (non-hydrogen) atoms. The molecule has 12 heteroatoms. The molecule has 0 unspecified atom stereocenters. The van der Waals surface area contributed by atoms with Crippen LogP contribution < -0.4 is 4.72 Å². The van der Waals surface area contributed by atoms with E-state index in [9.17, 15) is 31.2 Å². The van der Waals surface area contributed by atoms with E-state index in [0.717, 1.165) is 50.6 Å². The van der Waals surface area contributed by atoms with E-state index in [-0.39, 0.29) is 5.91 Å². The maximum absolute atomic E-state index is 12.8. The van der Waals surface area contributed by atoms with Gasteiger partial charge in [-0.2, -0.15) is 13.2 Å². The highest BCUT2D eigenvalue weighted by atomic mass is 32.2. The lowest BCUT2D eigenvalue weighted by Crippen LogP contribution is -2.53. The predicted octanol–water partition coefficient (Wildman–Crippen LogP) is 1.14. The predicted molar refractivity (Wildman–Crippen MR) is 110 cm³/mol. The Morgan fingerprint density at radius 1 is 0.906 bits per heavy atom. The number of piperazine rings is 1. The number of piperidine rings is 1. The molecule has 2 amide bonds. The van der Waals surface area contributed by atoms with Gasteiger partial charge in [0.25, 0.3) is 0 Å². The highest BCUT2D eigenvalue weighted by Gasteiger charge is 2.32. The minimum Gasteiger partial charge on any atom is -0.342 e. The van der Waals surface area contributed by atoms with Crippen molar-refractivity contribution < 1.29 is 31.2 Å². The average Bonchev–Trinajstić information content (AvgIpc) is 2.78. The summed E-state index contributed by atoms with van der Waals surface area (Å²) >= 11 is 0. The van der Waals surface area contributed by atoms with Gasteiger partial charge in [0, 0.05) is 39.3 Å². The second kappa shape index (κ2) is 10.2. The topological polar surface area (TPSA) is 90.0 Å². The summed E-state index contributed by atoms with van der Waals surface area (Å²) in [5.41, 5.74) is -1.08. The Bertz CT molecular complexity index is 925. The molecule has 0 atom stereocenters. The zero-order chi connectivity index (χ0) is 23.4. The standard InChI is InChI=1S/C20H27F3N4O4S/c21-20(22,23)16-5-4-6-17(13-16)32(30,31)24-14-18(28)27-11-9-25(10-12-27)15-19(29)26-7-2-1-3-8-26/h4-6,13,24H,1-3,7-12,14-15H2. The van der Waals surface area contributed by atoms with Gasteiger partial charge in [-0.15, -0.1) is 0 Å². The van der Waals surface area contributed by atoms with Crippen molar-refractivity contribution in [1.82, 2.24) is 19.4 Å². The van der Waals surface area contributed by atoms with Crippen molar-refractivity contribution in [3.05, 3.63) is 29.8 Å². The van der Waals surface area contributed by atoms with Gasteiger partial charge in [0.1, 0.15) is 0 Å². The summed E-state index contributed by atoms with van der Waals surface area (Å²) in [5, 5.41) is 0. The fourth-order valence-corrected chi connectivity index (χ4v) is 4.80. The number of hydrogen-bond acceptors (Lipinski definition) is 5. The van der Waals surface area contributed by atoms with Crippen LogP contribution in [0.4, 0.5) is 13.2 Å². The molecule has 0 radical (unpaired) electrons. The van der Waals surface area contributed by atoms with Gasteiger partial charge in [-0.25, -0.2) is 13.1 Å². The van der Waals surface area contributed by atoms with E-state index in [0.29, 0.717) is 38.8 Å². The number of nitrogens with one attached hydrogen (secondary N) is 1. The van der Waals surface area contributed by atoms with Gasteiger partial charge in [-0.1, -0.05) is 6.07 Å². The minimum atomic E-state index is -4.67. The fraction of sp³-hybridized carbons (Fsp3) is 0.600. The van der Waals surface area contributed by atoms with E-state index in [1.165, 1.54) is 4.90 Å². The lowest BCUT2D eigenvalue weighted by atomic mass is 10.1. The number of benzene rings is 1. The molecular formula is C20H27F3N4O4S. The lowest BCUT2D eigenvalue weighted by Gasteiger charge is -2.36. The molecule has 0 aromatic heterocycles. The molecule has 2 aliphatic heterocycles. The van der Waals surface area contributed by atoms with Crippen molar-refractivity contribution in [2.75, 3.05) is 52.4 Å². The summed E-state index contributed by atoms with van der Waals surface area (Å²) in [5.74, 6) is -0.388. The molecule has 0 bridgehead atoms.